The van der Waals surface area contributed by atoms with Gasteiger partial charge in [-0.15, -0.1) is 0 Å². The molecule has 0 bridgehead atoms. The number of rotatable bonds is 3. The number of aliphatic hydroxyl groups excluding tert-OH is 1. The van der Waals surface area contributed by atoms with Crippen molar-refractivity contribution in [2.45, 2.75) is 44.1 Å². The average molecular weight is 213 g/mol. The van der Waals surface area contributed by atoms with Crippen LogP contribution in [0.2, 0.25) is 0 Å². The number of nitrogens with zero attached hydrogens (tertiary/aromatic N) is 1. The standard InChI is InChI=1S/C11H19NO3/c13-8-6-11(9-3-4-9)5-1-2-7-12(11)10(14)15/h9,13H,1-8H2,(H,14,15). The van der Waals surface area contributed by atoms with E-state index < -0.39 is 6.09 Å². The molecule has 2 N–H and O–H groups in total. The second kappa shape index (κ2) is 4.00. The number of carbonyl (C=O) groups is 1. The van der Waals surface area contributed by atoms with Crippen molar-refractivity contribution in [3.8, 4) is 0 Å². The van der Waals surface area contributed by atoms with E-state index in [9.17, 15) is 9.90 Å². The second-order valence-electron chi connectivity index (χ2n) is 4.74. The van der Waals surface area contributed by atoms with Gasteiger partial charge in [0.05, 0.1) is 5.54 Å². The van der Waals surface area contributed by atoms with Crippen LogP contribution in [0, 0.1) is 5.92 Å². The van der Waals surface area contributed by atoms with Crippen LogP contribution in [0.25, 0.3) is 0 Å². The molecule has 0 radical (unpaired) electrons. The van der Waals surface area contributed by atoms with Crippen LogP contribution in [0.15, 0.2) is 0 Å². The Balaban J connectivity index is 2.20. The minimum absolute atomic E-state index is 0.0975. The molecular formula is C11H19NO3. The molecule has 0 aromatic carbocycles. The van der Waals surface area contributed by atoms with E-state index in [2.05, 4.69) is 0 Å². The van der Waals surface area contributed by atoms with E-state index in [1.54, 1.807) is 4.90 Å². The molecule has 0 aromatic rings. The molecule has 1 heterocycles. The van der Waals surface area contributed by atoms with Crippen molar-refractivity contribution in [1.29, 1.82) is 0 Å². The molecule has 1 saturated heterocycles. The van der Waals surface area contributed by atoms with Gasteiger partial charge in [0, 0.05) is 13.2 Å². The van der Waals surface area contributed by atoms with E-state index >= 15 is 0 Å². The largest absolute Gasteiger partial charge is 0.465 e. The first-order valence-corrected chi connectivity index (χ1v) is 5.82. The van der Waals surface area contributed by atoms with E-state index in [1.807, 2.05) is 0 Å². The summed E-state index contributed by atoms with van der Waals surface area (Å²) in [4.78, 5) is 12.8. The zero-order chi connectivity index (χ0) is 10.9. The Bertz CT molecular complexity index is 248. The molecule has 4 heteroatoms. The predicted octanol–water partition coefficient (Wildman–Crippen LogP) is 1.68. The normalized spacial score (nSPS) is 31.7. The second-order valence-corrected chi connectivity index (χ2v) is 4.74. The third-order valence-electron chi connectivity index (χ3n) is 3.89. The first kappa shape index (κ1) is 10.7. The molecular weight excluding hydrogens is 194 g/mol. The Labute approximate surface area is 89.9 Å². The summed E-state index contributed by atoms with van der Waals surface area (Å²) < 4.78 is 0. The van der Waals surface area contributed by atoms with E-state index in [1.165, 1.54) is 0 Å². The molecule has 4 nitrogen and oxygen atoms in total. The highest BCUT2D eigenvalue weighted by atomic mass is 16.4. The third kappa shape index (κ3) is 1.83. The fraction of sp³-hybridized carbons (Fsp3) is 0.909. The number of aliphatic hydroxyl groups is 1. The lowest BCUT2D eigenvalue weighted by molar-refractivity contribution is 0.0159. The maximum absolute atomic E-state index is 11.2. The van der Waals surface area contributed by atoms with Gasteiger partial charge in [0.15, 0.2) is 0 Å². The Kier molecular flexibility index (Phi) is 2.87. The first-order chi connectivity index (χ1) is 7.20. The van der Waals surface area contributed by atoms with Gasteiger partial charge in [-0.25, -0.2) is 4.79 Å². The molecule has 1 atom stereocenters. The monoisotopic (exact) mass is 213 g/mol. The van der Waals surface area contributed by atoms with Crippen LogP contribution in [0.3, 0.4) is 0 Å². The molecule has 1 aliphatic heterocycles. The van der Waals surface area contributed by atoms with Crippen molar-refractivity contribution in [3.05, 3.63) is 0 Å². The molecule has 1 saturated carbocycles. The van der Waals surface area contributed by atoms with Crippen LogP contribution in [-0.2, 0) is 0 Å². The average Bonchev–Trinajstić information content (AvgIpc) is 3.01. The number of amides is 1. The smallest absolute Gasteiger partial charge is 0.407 e. The van der Waals surface area contributed by atoms with Crippen LogP contribution >= 0.6 is 0 Å². The highest BCUT2D eigenvalue weighted by Gasteiger charge is 2.51. The summed E-state index contributed by atoms with van der Waals surface area (Å²) in [5, 5.41) is 18.4. The summed E-state index contributed by atoms with van der Waals surface area (Å²) in [6, 6.07) is 0. The van der Waals surface area contributed by atoms with Gasteiger partial charge < -0.3 is 15.1 Å². The molecule has 2 rings (SSSR count). The molecule has 2 fully saturated rings. The first-order valence-electron chi connectivity index (χ1n) is 5.82. The van der Waals surface area contributed by atoms with Gasteiger partial charge in [0.2, 0.25) is 0 Å². The van der Waals surface area contributed by atoms with Crippen molar-refractivity contribution in [3.63, 3.8) is 0 Å². The lowest BCUT2D eigenvalue weighted by atomic mass is 9.80. The predicted molar refractivity (Wildman–Crippen MR) is 55.7 cm³/mol. The molecule has 1 unspecified atom stereocenters. The van der Waals surface area contributed by atoms with Crippen molar-refractivity contribution in [2.24, 2.45) is 5.92 Å². The van der Waals surface area contributed by atoms with Crippen LogP contribution in [-0.4, -0.2) is 39.9 Å². The molecule has 0 spiro atoms. The number of carboxylic acid groups (broad SMARTS) is 1. The summed E-state index contributed by atoms with van der Waals surface area (Å²) in [5.41, 5.74) is -0.237. The maximum Gasteiger partial charge on any atom is 0.407 e. The Morgan fingerprint density at radius 1 is 1.40 bits per heavy atom. The molecule has 2 aliphatic rings. The van der Waals surface area contributed by atoms with Crippen molar-refractivity contribution >= 4 is 6.09 Å². The summed E-state index contributed by atoms with van der Waals surface area (Å²) >= 11 is 0. The third-order valence-corrected chi connectivity index (χ3v) is 3.89. The maximum atomic E-state index is 11.2. The van der Waals surface area contributed by atoms with E-state index in [4.69, 9.17) is 5.11 Å². The Morgan fingerprint density at radius 3 is 2.67 bits per heavy atom. The quantitative estimate of drug-likeness (QED) is 0.749. The number of likely N-dealkylation sites (tertiary alicyclic amines) is 1. The SMILES string of the molecule is O=C(O)N1CCCCC1(CCO)C1CC1. The molecule has 1 amide bonds. The molecule has 0 aromatic heterocycles. The van der Waals surface area contributed by atoms with Crippen molar-refractivity contribution in [1.82, 2.24) is 4.90 Å². The van der Waals surface area contributed by atoms with Gasteiger partial charge >= 0.3 is 6.09 Å². The topological polar surface area (TPSA) is 60.8 Å². The highest BCUT2D eigenvalue weighted by molar-refractivity contribution is 5.66. The Morgan fingerprint density at radius 2 is 2.13 bits per heavy atom. The van der Waals surface area contributed by atoms with Crippen LogP contribution in [0.5, 0.6) is 0 Å². The van der Waals surface area contributed by atoms with Gasteiger partial charge in [-0.2, -0.15) is 0 Å². The zero-order valence-electron chi connectivity index (χ0n) is 8.98. The summed E-state index contributed by atoms with van der Waals surface area (Å²) in [7, 11) is 0. The lowest BCUT2D eigenvalue weighted by Gasteiger charge is -2.46. The number of piperidine rings is 1. The lowest BCUT2D eigenvalue weighted by Crippen LogP contribution is -2.56. The van der Waals surface area contributed by atoms with Crippen molar-refractivity contribution < 1.29 is 15.0 Å². The van der Waals surface area contributed by atoms with Gasteiger partial charge in [-0.3, -0.25) is 0 Å². The van der Waals surface area contributed by atoms with Gasteiger partial charge in [-0.05, 0) is 44.4 Å². The molecule has 15 heavy (non-hydrogen) atoms. The summed E-state index contributed by atoms with van der Waals surface area (Å²) in [6.07, 6.45) is 5.06. The number of hydrogen-bond acceptors (Lipinski definition) is 2. The van der Waals surface area contributed by atoms with Crippen LogP contribution in [0.4, 0.5) is 4.79 Å². The fourth-order valence-electron chi connectivity index (χ4n) is 3.05. The zero-order valence-corrected chi connectivity index (χ0v) is 8.98. The van der Waals surface area contributed by atoms with Crippen LogP contribution in [0.1, 0.15) is 38.5 Å². The van der Waals surface area contributed by atoms with Gasteiger partial charge in [0.1, 0.15) is 0 Å². The van der Waals surface area contributed by atoms with Gasteiger partial charge in [0.25, 0.3) is 0 Å². The minimum Gasteiger partial charge on any atom is -0.465 e. The summed E-state index contributed by atoms with van der Waals surface area (Å²) in [6.45, 7) is 0.742. The van der Waals surface area contributed by atoms with Crippen molar-refractivity contribution in [2.75, 3.05) is 13.2 Å². The number of hydrogen-bond donors (Lipinski definition) is 2. The molecule has 1 aliphatic carbocycles. The van der Waals surface area contributed by atoms with E-state index in [0.29, 0.717) is 18.9 Å². The highest BCUT2D eigenvalue weighted by Crippen LogP contribution is 2.49. The van der Waals surface area contributed by atoms with Gasteiger partial charge in [-0.1, -0.05) is 0 Å². The fourth-order valence-corrected chi connectivity index (χ4v) is 3.05. The Hall–Kier alpha value is -0.770. The summed E-state index contributed by atoms with van der Waals surface area (Å²) in [5.74, 6) is 0.501. The molecule has 86 valence electrons. The van der Waals surface area contributed by atoms with E-state index in [-0.39, 0.29) is 12.1 Å². The van der Waals surface area contributed by atoms with E-state index in [0.717, 1.165) is 32.1 Å². The minimum atomic E-state index is -0.810. The van der Waals surface area contributed by atoms with Crippen LogP contribution < -0.4 is 0 Å².